The van der Waals surface area contributed by atoms with E-state index in [0.29, 0.717) is 0 Å². The fraction of sp³-hybridized carbons (Fsp3) is 0.0159. The Bertz CT molecular complexity index is 3440. The standard InChI is InChI=1S/C63H43N/c1-3-20-54(21-4-1)63(55-22-5-2-6-23-55)59-26-12-11-25-58(59)62-60(63)27-14-28-61(62)64(56-39-37-48(38-40-56)53-36-34-45-16-8-10-18-50(45)42-53)57-24-13-19-51(43-57)46-29-31-47(32-30-46)52-35-33-44-15-7-9-17-49(44)41-52/h1-43H. The summed E-state index contributed by atoms with van der Waals surface area (Å²) in [5, 5.41) is 5.00. The first-order valence-electron chi connectivity index (χ1n) is 22.2. The van der Waals surface area contributed by atoms with Gasteiger partial charge in [0.25, 0.3) is 0 Å². The summed E-state index contributed by atoms with van der Waals surface area (Å²) in [7, 11) is 0. The van der Waals surface area contributed by atoms with Crippen LogP contribution in [0.2, 0.25) is 0 Å². The van der Waals surface area contributed by atoms with Crippen LogP contribution in [0.3, 0.4) is 0 Å². The van der Waals surface area contributed by atoms with Gasteiger partial charge >= 0.3 is 0 Å². The molecule has 0 atom stereocenters. The molecule has 300 valence electrons. The highest BCUT2D eigenvalue weighted by Crippen LogP contribution is 2.59. The van der Waals surface area contributed by atoms with E-state index in [1.165, 1.54) is 82.7 Å². The van der Waals surface area contributed by atoms with Crippen LogP contribution in [0.1, 0.15) is 22.3 Å². The number of hydrogen-bond donors (Lipinski definition) is 0. The molecule has 1 heteroatoms. The van der Waals surface area contributed by atoms with Crippen LogP contribution in [0.4, 0.5) is 17.1 Å². The molecule has 0 heterocycles. The number of fused-ring (bicyclic) bond motifs is 5. The van der Waals surface area contributed by atoms with Gasteiger partial charge in [-0.25, -0.2) is 0 Å². The average Bonchev–Trinajstić information content (AvgIpc) is 3.69. The zero-order chi connectivity index (χ0) is 42.5. The summed E-state index contributed by atoms with van der Waals surface area (Å²) in [6, 6.07) is 95.9. The Morgan fingerprint density at radius 1 is 0.266 bits per heavy atom. The summed E-state index contributed by atoms with van der Waals surface area (Å²) >= 11 is 0. The summed E-state index contributed by atoms with van der Waals surface area (Å²) in [4.78, 5) is 2.47. The minimum absolute atomic E-state index is 0.509. The van der Waals surface area contributed by atoms with E-state index in [1.807, 2.05) is 0 Å². The van der Waals surface area contributed by atoms with Gasteiger partial charge in [0, 0.05) is 16.9 Å². The van der Waals surface area contributed by atoms with Crippen LogP contribution in [0.5, 0.6) is 0 Å². The molecule has 1 nitrogen and oxygen atoms in total. The maximum atomic E-state index is 2.47. The quantitative estimate of drug-likeness (QED) is 0.148. The van der Waals surface area contributed by atoms with E-state index in [9.17, 15) is 0 Å². The second kappa shape index (κ2) is 15.6. The van der Waals surface area contributed by atoms with Gasteiger partial charge < -0.3 is 4.90 Å². The normalized spacial score (nSPS) is 12.5. The van der Waals surface area contributed by atoms with E-state index >= 15 is 0 Å². The highest BCUT2D eigenvalue weighted by atomic mass is 15.1. The lowest BCUT2D eigenvalue weighted by Gasteiger charge is -2.34. The molecule has 64 heavy (non-hydrogen) atoms. The maximum absolute atomic E-state index is 2.47. The van der Waals surface area contributed by atoms with Crippen molar-refractivity contribution >= 4 is 38.6 Å². The Morgan fingerprint density at radius 2 is 0.719 bits per heavy atom. The molecule has 0 radical (unpaired) electrons. The minimum Gasteiger partial charge on any atom is -0.310 e. The fourth-order valence-electron chi connectivity index (χ4n) is 10.3. The second-order valence-electron chi connectivity index (χ2n) is 16.9. The molecule has 0 unspecified atom stereocenters. The molecular formula is C63H43N. The first-order chi connectivity index (χ1) is 31.7. The lowest BCUT2D eigenvalue weighted by atomic mass is 9.68. The van der Waals surface area contributed by atoms with Crippen LogP contribution in [0, 0.1) is 0 Å². The van der Waals surface area contributed by atoms with Gasteiger partial charge in [0.2, 0.25) is 0 Å². The van der Waals surface area contributed by atoms with Gasteiger partial charge in [-0.15, -0.1) is 0 Å². The zero-order valence-corrected chi connectivity index (χ0v) is 35.3. The first kappa shape index (κ1) is 37.5. The van der Waals surface area contributed by atoms with E-state index < -0.39 is 5.41 Å². The number of hydrogen-bond acceptors (Lipinski definition) is 1. The van der Waals surface area contributed by atoms with Gasteiger partial charge in [-0.1, -0.05) is 218 Å². The Morgan fingerprint density at radius 3 is 1.31 bits per heavy atom. The Hall–Kier alpha value is -8.26. The van der Waals surface area contributed by atoms with Crippen LogP contribution in [-0.2, 0) is 5.41 Å². The molecule has 0 N–H and O–H groups in total. The third-order valence-electron chi connectivity index (χ3n) is 13.3. The third kappa shape index (κ3) is 6.24. The van der Waals surface area contributed by atoms with E-state index in [-0.39, 0.29) is 0 Å². The van der Waals surface area contributed by atoms with Gasteiger partial charge in [-0.05, 0) is 125 Å². The smallest absolute Gasteiger partial charge is 0.0714 e. The van der Waals surface area contributed by atoms with E-state index in [1.54, 1.807) is 0 Å². The molecule has 0 bridgehead atoms. The van der Waals surface area contributed by atoms with E-state index in [2.05, 4.69) is 266 Å². The van der Waals surface area contributed by atoms with Crippen LogP contribution in [0.15, 0.2) is 261 Å². The minimum atomic E-state index is -0.509. The molecule has 0 saturated heterocycles. The van der Waals surface area contributed by atoms with Crippen molar-refractivity contribution in [3.05, 3.63) is 283 Å². The zero-order valence-electron chi connectivity index (χ0n) is 35.3. The van der Waals surface area contributed by atoms with Crippen molar-refractivity contribution in [2.75, 3.05) is 4.90 Å². The largest absolute Gasteiger partial charge is 0.310 e. The molecule has 11 aromatic rings. The van der Waals surface area contributed by atoms with Crippen molar-refractivity contribution in [2.45, 2.75) is 5.41 Å². The van der Waals surface area contributed by atoms with Gasteiger partial charge in [-0.2, -0.15) is 0 Å². The molecule has 11 aromatic carbocycles. The average molecular weight is 814 g/mol. The van der Waals surface area contributed by atoms with Gasteiger partial charge in [-0.3, -0.25) is 0 Å². The Balaban J connectivity index is 1.03. The molecular weight excluding hydrogens is 771 g/mol. The van der Waals surface area contributed by atoms with Gasteiger partial charge in [0.15, 0.2) is 0 Å². The monoisotopic (exact) mass is 813 g/mol. The molecule has 0 aromatic heterocycles. The summed E-state index contributed by atoms with van der Waals surface area (Å²) in [6.07, 6.45) is 0. The molecule has 0 amide bonds. The second-order valence-corrected chi connectivity index (χ2v) is 16.9. The maximum Gasteiger partial charge on any atom is 0.0714 e. The number of benzene rings is 11. The topological polar surface area (TPSA) is 3.24 Å². The predicted octanol–water partition coefficient (Wildman–Crippen LogP) is 16.8. The van der Waals surface area contributed by atoms with Crippen LogP contribution < -0.4 is 4.90 Å². The molecule has 0 aliphatic heterocycles. The number of nitrogens with zero attached hydrogens (tertiary/aromatic N) is 1. The molecule has 0 saturated carbocycles. The van der Waals surface area contributed by atoms with Crippen LogP contribution in [0.25, 0.3) is 66.1 Å². The lowest BCUT2D eigenvalue weighted by Crippen LogP contribution is -2.28. The fourth-order valence-corrected chi connectivity index (χ4v) is 10.3. The van der Waals surface area contributed by atoms with Gasteiger partial charge in [0.1, 0.15) is 0 Å². The number of rotatable bonds is 8. The van der Waals surface area contributed by atoms with E-state index in [0.717, 1.165) is 22.6 Å². The van der Waals surface area contributed by atoms with Crippen molar-refractivity contribution in [1.29, 1.82) is 0 Å². The molecule has 1 aliphatic rings. The van der Waals surface area contributed by atoms with Crippen LogP contribution >= 0.6 is 0 Å². The highest BCUT2D eigenvalue weighted by molar-refractivity contribution is 5.98. The summed E-state index contributed by atoms with van der Waals surface area (Å²) < 4.78 is 0. The lowest BCUT2D eigenvalue weighted by molar-refractivity contribution is 0.768. The predicted molar refractivity (Wildman–Crippen MR) is 270 cm³/mol. The third-order valence-corrected chi connectivity index (χ3v) is 13.3. The van der Waals surface area contributed by atoms with Crippen molar-refractivity contribution in [1.82, 2.24) is 0 Å². The Kier molecular flexibility index (Phi) is 9.13. The Labute approximate surface area is 374 Å². The van der Waals surface area contributed by atoms with Gasteiger partial charge in [0.05, 0.1) is 11.1 Å². The molecule has 0 fully saturated rings. The molecule has 1 aliphatic carbocycles. The van der Waals surface area contributed by atoms with Crippen LogP contribution in [-0.4, -0.2) is 0 Å². The first-order valence-corrected chi connectivity index (χ1v) is 22.2. The SMILES string of the molecule is c1ccc(C2(c3ccccc3)c3ccccc3-c3c(N(c4ccc(-c5ccc6ccccc6c5)cc4)c4cccc(-c5ccc(-c6ccc7ccccc7c6)cc5)c4)cccc32)cc1. The summed E-state index contributed by atoms with van der Waals surface area (Å²) in [5.41, 5.74) is 17.5. The molecule has 12 rings (SSSR count). The number of anilines is 3. The summed E-state index contributed by atoms with van der Waals surface area (Å²) in [6.45, 7) is 0. The van der Waals surface area contributed by atoms with Crippen molar-refractivity contribution in [2.24, 2.45) is 0 Å². The highest BCUT2D eigenvalue weighted by Gasteiger charge is 2.47. The van der Waals surface area contributed by atoms with Crippen molar-refractivity contribution < 1.29 is 0 Å². The van der Waals surface area contributed by atoms with Crippen molar-refractivity contribution in [3.8, 4) is 44.5 Å². The molecule has 0 spiro atoms. The van der Waals surface area contributed by atoms with Crippen molar-refractivity contribution in [3.63, 3.8) is 0 Å². The summed E-state index contributed by atoms with van der Waals surface area (Å²) in [5.74, 6) is 0. The van der Waals surface area contributed by atoms with E-state index in [4.69, 9.17) is 0 Å².